The minimum atomic E-state index is -0.468. The van der Waals surface area contributed by atoms with Gasteiger partial charge >= 0.3 is 0 Å². The summed E-state index contributed by atoms with van der Waals surface area (Å²) in [7, 11) is 1.53. The Morgan fingerprint density at radius 3 is 2.68 bits per heavy atom. The smallest absolute Gasteiger partial charge is 0.246 e. The van der Waals surface area contributed by atoms with E-state index < -0.39 is 6.04 Å². The molecular weight excluding hydrogens is 378 g/mol. The van der Waals surface area contributed by atoms with Crippen molar-refractivity contribution < 1.29 is 14.3 Å². The SMILES string of the molecule is COc1cc(Cl)c(C)cc1NC(=O)[C@H](C)Nc1ccc2c(c1)CCN2C(C)=O. The van der Waals surface area contributed by atoms with E-state index >= 15 is 0 Å². The molecule has 0 spiro atoms. The summed E-state index contributed by atoms with van der Waals surface area (Å²) >= 11 is 6.12. The van der Waals surface area contributed by atoms with E-state index in [0.717, 1.165) is 28.9 Å². The minimum absolute atomic E-state index is 0.0411. The molecular formula is C21H24ClN3O3. The summed E-state index contributed by atoms with van der Waals surface area (Å²) in [5, 5.41) is 6.68. The fourth-order valence-electron chi connectivity index (χ4n) is 3.30. The molecule has 0 unspecified atom stereocenters. The fraction of sp³-hybridized carbons (Fsp3) is 0.333. The maximum absolute atomic E-state index is 12.6. The minimum Gasteiger partial charge on any atom is -0.495 e. The molecule has 2 aromatic rings. The average molecular weight is 402 g/mol. The van der Waals surface area contributed by atoms with Crippen LogP contribution in [0.2, 0.25) is 5.02 Å². The molecule has 6 nitrogen and oxygen atoms in total. The summed E-state index contributed by atoms with van der Waals surface area (Å²) in [6.45, 7) is 5.92. The molecule has 0 saturated heterocycles. The highest BCUT2D eigenvalue weighted by Gasteiger charge is 2.23. The third-order valence-electron chi connectivity index (χ3n) is 4.87. The quantitative estimate of drug-likeness (QED) is 0.794. The number of benzene rings is 2. The molecule has 0 aliphatic carbocycles. The Hall–Kier alpha value is -2.73. The first-order chi connectivity index (χ1) is 13.3. The number of nitrogens with one attached hydrogen (secondary N) is 2. The normalized spacial score (nSPS) is 13.7. The van der Waals surface area contributed by atoms with Gasteiger partial charge in [-0.15, -0.1) is 0 Å². The Kier molecular flexibility index (Phi) is 5.79. The van der Waals surface area contributed by atoms with E-state index in [-0.39, 0.29) is 11.8 Å². The Balaban J connectivity index is 1.70. The molecule has 1 aliphatic heterocycles. The van der Waals surface area contributed by atoms with Gasteiger partial charge < -0.3 is 20.3 Å². The van der Waals surface area contributed by atoms with Crippen molar-refractivity contribution in [1.82, 2.24) is 0 Å². The van der Waals surface area contributed by atoms with Gasteiger partial charge in [0.15, 0.2) is 0 Å². The number of ether oxygens (including phenoxy) is 1. The number of methoxy groups -OCH3 is 1. The van der Waals surface area contributed by atoms with Gasteiger partial charge in [-0.05, 0) is 55.7 Å². The van der Waals surface area contributed by atoms with Gasteiger partial charge in [0.1, 0.15) is 11.8 Å². The largest absolute Gasteiger partial charge is 0.495 e. The molecule has 1 aliphatic rings. The summed E-state index contributed by atoms with van der Waals surface area (Å²) in [6.07, 6.45) is 0.812. The topological polar surface area (TPSA) is 70.7 Å². The van der Waals surface area contributed by atoms with Crippen molar-refractivity contribution in [2.75, 3.05) is 29.2 Å². The van der Waals surface area contributed by atoms with Gasteiger partial charge in [-0.2, -0.15) is 0 Å². The van der Waals surface area contributed by atoms with Crippen LogP contribution >= 0.6 is 11.6 Å². The maximum Gasteiger partial charge on any atom is 0.246 e. The van der Waals surface area contributed by atoms with Crippen molar-refractivity contribution in [2.24, 2.45) is 0 Å². The van der Waals surface area contributed by atoms with Gasteiger partial charge in [-0.1, -0.05) is 11.6 Å². The fourth-order valence-corrected chi connectivity index (χ4v) is 3.46. The third-order valence-corrected chi connectivity index (χ3v) is 5.28. The molecule has 2 aromatic carbocycles. The lowest BCUT2D eigenvalue weighted by atomic mass is 10.1. The number of aryl methyl sites for hydroxylation is 1. The summed E-state index contributed by atoms with van der Waals surface area (Å²) < 4.78 is 5.31. The average Bonchev–Trinajstić information content (AvgIpc) is 3.07. The highest BCUT2D eigenvalue weighted by molar-refractivity contribution is 6.31. The molecule has 0 radical (unpaired) electrons. The van der Waals surface area contributed by atoms with E-state index in [9.17, 15) is 9.59 Å². The lowest BCUT2D eigenvalue weighted by molar-refractivity contribution is -0.117. The number of halogens is 1. The van der Waals surface area contributed by atoms with Gasteiger partial charge in [0.25, 0.3) is 0 Å². The van der Waals surface area contributed by atoms with E-state index in [1.54, 1.807) is 30.9 Å². The number of anilines is 3. The second-order valence-corrected chi connectivity index (χ2v) is 7.33. The molecule has 0 fully saturated rings. The zero-order chi connectivity index (χ0) is 20.4. The molecule has 1 atom stereocenters. The molecule has 2 amide bonds. The number of rotatable bonds is 5. The molecule has 0 bridgehead atoms. The Morgan fingerprint density at radius 2 is 2.00 bits per heavy atom. The number of carbonyl (C=O) groups excluding carboxylic acids is 2. The van der Waals surface area contributed by atoms with Gasteiger partial charge in [0.2, 0.25) is 11.8 Å². The van der Waals surface area contributed by atoms with E-state index in [2.05, 4.69) is 10.6 Å². The lowest BCUT2D eigenvalue weighted by Crippen LogP contribution is -2.32. The number of carbonyl (C=O) groups is 2. The second kappa shape index (κ2) is 8.10. The Labute approximate surface area is 169 Å². The number of amides is 2. The van der Waals surface area contributed by atoms with Crippen molar-refractivity contribution >= 4 is 40.5 Å². The van der Waals surface area contributed by atoms with Crippen LogP contribution in [-0.2, 0) is 16.0 Å². The molecule has 148 valence electrons. The number of fused-ring (bicyclic) bond motifs is 1. The zero-order valence-electron chi connectivity index (χ0n) is 16.4. The highest BCUT2D eigenvalue weighted by atomic mass is 35.5. The monoisotopic (exact) mass is 401 g/mol. The summed E-state index contributed by atoms with van der Waals surface area (Å²) in [6, 6.07) is 8.81. The predicted octanol–water partition coefficient (Wildman–Crippen LogP) is 4.01. The van der Waals surface area contributed by atoms with E-state index in [0.29, 0.717) is 23.0 Å². The van der Waals surface area contributed by atoms with E-state index in [1.807, 2.05) is 25.1 Å². The predicted molar refractivity (Wildman–Crippen MR) is 113 cm³/mol. The Morgan fingerprint density at radius 1 is 1.25 bits per heavy atom. The van der Waals surface area contributed by atoms with Crippen molar-refractivity contribution in [2.45, 2.75) is 33.2 Å². The van der Waals surface area contributed by atoms with E-state index in [4.69, 9.17) is 16.3 Å². The van der Waals surface area contributed by atoms with Gasteiger partial charge in [0.05, 0.1) is 12.8 Å². The molecule has 7 heteroatoms. The number of nitrogens with zero attached hydrogens (tertiary/aromatic N) is 1. The second-order valence-electron chi connectivity index (χ2n) is 6.92. The zero-order valence-corrected chi connectivity index (χ0v) is 17.2. The molecule has 3 rings (SSSR count). The molecule has 1 heterocycles. The van der Waals surface area contributed by atoms with Gasteiger partial charge in [0, 0.05) is 35.9 Å². The van der Waals surface area contributed by atoms with Crippen LogP contribution in [0.3, 0.4) is 0 Å². The molecule has 28 heavy (non-hydrogen) atoms. The van der Waals surface area contributed by atoms with Crippen LogP contribution in [0.5, 0.6) is 5.75 Å². The van der Waals surface area contributed by atoms with Crippen molar-refractivity contribution in [3.05, 3.63) is 46.5 Å². The van der Waals surface area contributed by atoms with Crippen LogP contribution in [0.4, 0.5) is 17.1 Å². The lowest BCUT2D eigenvalue weighted by Gasteiger charge is -2.19. The first kappa shape index (κ1) is 20.0. The Bertz CT molecular complexity index is 929. The maximum atomic E-state index is 12.6. The molecule has 2 N–H and O–H groups in total. The van der Waals surface area contributed by atoms with Crippen LogP contribution in [0, 0.1) is 6.92 Å². The molecule has 0 saturated carbocycles. The van der Waals surface area contributed by atoms with E-state index in [1.165, 1.54) is 7.11 Å². The van der Waals surface area contributed by atoms with Crippen molar-refractivity contribution in [3.8, 4) is 5.75 Å². The van der Waals surface area contributed by atoms with Crippen LogP contribution < -0.4 is 20.3 Å². The van der Waals surface area contributed by atoms with Crippen molar-refractivity contribution in [3.63, 3.8) is 0 Å². The number of hydrogen-bond acceptors (Lipinski definition) is 4. The van der Waals surface area contributed by atoms with Crippen LogP contribution in [-0.4, -0.2) is 31.5 Å². The highest BCUT2D eigenvalue weighted by Crippen LogP contribution is 2.32. The first-order valence-electron chi connectivity index (χ1n) is 9.12. The summed E-state index contributed by atoms with van der Waals surface area (Å²) in [4.78, 5) is 26.1. The first-order valence-corrected chi connectivity index (χ1v) is 9.50. The van der Waals surface area contributed by atoms with Gasteiger partial charge in [-0.3, -0.25) is 9.59 Å². The third kappa shape index (κ3) is 4.07. The standard InChI is InChI=1S/C21H24ClN3O3/c1-12-9-18(20(28-4)11-17(12)22)24-21(27)13(2)23-16-5-6-19-15(10-16)7-8-25(19)14(3)26/h5-6,9-11,13,23H,7-8H2,1-4H3,(H,24,27)/t13-/m0/s1. The summed E-state index contributed by atoms with van der Waals surface area (Å²) in [5.74, 6) is 0.364. The van der Waals surface area contributed by atoms with Crippen molar-refractivity contribution in [1.29, 1.82) is 0 Å². The van der Waals surface area contributed by atoms with Crippen LogP contribution in [0.15, 0.2) is 30.3 Å². The molecule has 0 aromatic heterocycles. The summed E-state index contributed by atoms with van der Waals surface area (Å²) in [5.41, 5.74) is 4.31. The van der Waals surface area contributed by atoms with Gasteiger partial charge in [-0.25, -0.2) is 0 Å². The van der Waals surface area contributed by atoms with Crippen LogP contribution in [0.25, 0.3) is 0 Å². The van der Waals surface area contributed by atoms with Crippen LogP contribution in [0.1, 0.15) is 25.0 Å². The number of hydrogen-bond donors (Lipinski definition) is 2.